The summed E-state index contributed by atoms with van der Waals surface area (Å²) in [4.78, 5) is 14.9. The molecule has 1 aliphatic heterocycles. The van der Waals surface area contributed by atoms with Crippen molar-refractivity contribution >= 4 is 5.78 Å². The van der Waals surface area contributed by atoms with Gasteiger partial charge in [-0.25, -0.2) is 0 Å². The highest BCUT2D eigenvalue weighted by atomic mass is 16.3. The molecule has 0 radical (unpaired) electrons. The van der Waals surface area contributed by atoms with E-state index >= 15 is 0 Å². The zero-order valence-electron chi connectivity index (χ0n) is 15.7. The van der Waals surface area contributed by atoms with Gasteiger partial charge in [0, 0.05) is 43.3 Å². The molecular weight excluding hydrogens is 314 g/mol. The van der Waals surface area contributed by atoms with E-state index in [1.165, 1.54) is 0 Å². The third-order valence-electron chi connectivity index (χ3n) is 5.75. The first-order chi connectivity index (χ1) is 11.7. The summed E-state index contributed by atoms with van der Waals surface area (Å²) < 4.78 is 0. The minimum Gasteiger partial charge on any atom is -0.396 e. The number of likely N-dealkylation sites (tertiary alicyclic amines) is 1. The summed E-state index contributed by atoms with van der Waals surface area (Å²) >= 11 is 0. The van der Waals surface area contributed by atoms with Crippen molar-refractivity contribution in [1.82, 2.24) is 4.90 Å². The minimum atomic E-state index is -0.729. The fourth-order valence-electron chi connectivity index (χ4n) is 5.11. The van der Waals surface area contributed by atoms with Crippen LogP contribution in [0.3, 0.4) is 0 Å². The number of aliphatic hydroxyl groups is 2. The zero-order chi connectivity index (χ0) is 18.3. The SMILES string of the molecule is CC(C)(C)CN1CC2(CO)CC(=O)CC(Cc3ccccc3)(C1)C2O. The molecule has 2 bridgehead atoms. The number of benzene rings is 1. The van der Waals surface area contributed by atoms with Crippen molar-refractivity contribution in [2.24, 2.45) is 16.2 Å². The highest BCUT2D eigenvalue weighted by Crippen LogP contribution is 2.51. The summed E-state index contributed by atoms with van der Waals surface area (Å²) in [6.45, 7) is 8.65. The molecule has 25 heavy (non-hydrogen) atoms. The van der Waals surface area contributed by atoms with Crippen molar-refractivity contribution in [3.05, 3.63) is 35.9 Å². The maximum absolute atomic E-state index is 12.5. The molecule has 1 heterocycles. The third kappa shape index (κ3) is 3.67. The summed E-state index contributed by atoms with van der Waals surface area (Å²) in [5.41, 5.74) is 0.0301. The van der Waals surface area contributed by atoms with Gasteiger partial charge < -0.3 is 15.1 Å². The Morgan fingerprint density at radius 3 is 2.32 bits per heavy atom. The van der Waals surface area contributed by atoms with E-state index in [-0.39, 0.29) is 24.2 Å². The number of nitrogens with zero attached hydrogens (tertiary/aromatic N) is 1. The van der Waals surface area contributed by atoms with Gasteiger partial charge in [0.05, 0.1) is 12.7 Å². The van der Waals surface area contributed by atoms with Crippen LogP contribution in [0.25, 0.3) is 0 Å². The van der Waals surface area contributed by atoms with Crippen molar-refractivity contribution in [2.45, 2.75) is 46.1 Å². The lowest BCUT2D eigenvalue weighted by molar-refractivity contribution is -0.188. The van der Waals surface area contributed by atoms with Crippen molar-refractivity contribution in [1.29, 1.82) is 0 Å². The highest BCUT2D eigenvalue weighted by molar-refractivity contribution is 5.81. The van der Waals surface area contributed by atoms with Crippen molar-refractivity contribution < 1.29 is 15.0 Å². The molecule has 4 nitrogen and oxygen atoms in total. The average Bonchev–Trinajstić information content (AvgIpc) is 2.50. The van der Waals surface area contributed by atoms with Crippen LogP contribution in [0, 0.1) is 16.2 Å². The number of piperidine rings is 1. The molecule has 4 heteroatoms. The molecule has 3 atom stereocenters. The second kappa shape index (κ2) is 6.49. The van der Waals surface area contributed by atoms with Crippen LogP contribution >= 0.6 is 0 Å². The minimum absolute atomic E-state index is 0.130. The van der Waals surface area contributed by atoms with Crippen LogP contribution in [-0.4, -0.2) is 53.2 Å². The lowest BCUT2D eigenvalue weighted by atomic mass is 9.54. The summed E-state index contributed by atoms with van der Waals surface area (Å²) in [5.74, 6) is 0.172. The molecule has 0 aromatic heterocycles. The fourth-order valence-corrected chi connectivity index (χ4v) is 5.11. The molecule has 138 valence electrons. The van der Waals surface area contributed by atoms with Crippen LogP contribution in [0.1, 0.15) is 39.2 Å². The molecule has 2 aliphatic rings. The van der Waals surface area contributed by atoms with Gasteiger partial charge >= 0.3 is 0 Å². The van der Waals surface area contributed by atoms with E-state index in [0.717, 1.165) is 12.1 Å². The Morgan fingerprint density at radius 2 is 1.72 bits per heavy atom. The Balaban J connectivity index is 1.97. The number of rotatable bonds is 4. The van der Waals surface area contributed by atoms with E-state index in [1.807, 2.05) is 18.2 Å². The van der Waals surface area contributed by atoms with E-state index in [1.54, 1.807) is 0 Å². The Morgan fingerprint density at radius 1 is 1.12 bits per heavy atom. The van der Waals surface area contributed by atoms with Crippen LogP contribution in [0.15, 0.2) is 30.3 Å². The quantitative estimate of drug-likeness (QED) is 0.879. The van der Waals surface area contributed by atoms with Gasteiger partial charge in [0.1, 0.15) is 5.78 Å². The van der Waals surface area contributed by atoms with E-state index < -0.39 is 16.9 Å². The largest absolute Gasteiger partial charge is 0.396 e. The number of fused-ring (bicyclic) bond motifs is 2. The number of aliphatic hydroxyl groups excluding tert-OH is 2. The van der Waals surface area contributed by atoms with Crippen LogP contribution in [0.5, 0.6) is 0 Å². The molecule has 1 saturated heterocycles. The topological polar surface area (TPSA) is 60.8 Å². The molecular formula is C21H31NO3. The van der Waals surface area contributed by atoms with Crippen LogP contribution < -0.4 is 0 Å². The van der Waals surface area contributed by atoms with Gasteiger partial charge in [-0.1, -0.05) is 51.1 Å². The maximum atomic E-state index is 12.5. The fraction of sp³-hybridized carbons (Fsp3) is 0.667. The molecule has 0 amide bonds. The first-order valence-electron chi connectivity index (χ1n) is 9.25. The summed E-state index contributed by atoms with van der Waals surface area (Å²) in [5, 5.41) is 21.4. The Labute approximate surface area is 150 Å². The first-order valence-corrected chi connectivity index (χ1v) is 9.25. The molecule has 3 rings (SSSR count). The van der Waals surface area contributed by atoms with Crippen molar-refractivity contribution in [3.63, 3.8) is 0 Å². The van der Waals surface area contributed by atoms with Gasteiger partial charge in [-0.3, -0.25) is 4.79 Å². The predicted molar refractivity (Wildman–Crippen MR) is 98.2 cm³/mol. The van der Waals surface area contributed by atoms with Gasteiger partial charge in [-0.05, 0) is 17.4 Å². The molecule has 1 aromatic rings. The first kappa shape index (κ1) is 18.6. The second-order valence-electron chi connectivity index (χ2n) is 9.55. The van der Waals surface area contributed by atoms with E-state index in [9.17, 15) is 15.0 Å². The lowest BCUT2D eigenvalue weighted by Gasteiger charge is -2.59. The standard InChI is InChI=1S/C21H31NO3/c1-19(2,3)12-22-13-20(9-16-7-5-4-6-8-16)10-17(24)11-21(14-22,15-23)18(20)25/h4-8,18,23,25H,9-15H2,1-3H3. The van der Waals surface area contributed by atoms with Crippen LogP contribution in [0.4, 0.5) is 0 Å². The van der Waals surface area contributed by atoms with E-state index in [0.29, 0.717) is 25.9 Å². The summed E-state index contributed by atoms with van der Waals surface area (Å²) in [6.07, 6.45) is 0.690. The number of carbonyl (C=O) groups excluding carboxylic acids is 1. The molecule has 3 unspecified atom stereocenters. The normalized spacial score (nSPS) is 33.5. The number of Topliss-reactive ketones (excluding diaryl/α,β-unsaturated/α-hetero) is 1. The summed E-state index contributed by atoms with van der Waals surface area (Å²) in [7, 11) is 0. The maximum Gasteiger partial charge on any atom is 0.134 e. The van der Waals surface area contributed by atoms with Gasteiger partial charge in [-0.15, -0.1) is 0 Å². The molecule has 0 spiro atoms. The predicted octanol–water partition coefficient (Wildman–Crippen LogP) is 2.28. The van der Waals surface area contributed by atoms with Crippen molar-refractivity contribution in [2.75, 3.05) is 26.2 Å². The van der Waals surface area contributed by atoms with Crippen molar-refractivity contribution in [3.8, 4) is 0 Å². The average molecular weight is 345 g/mol. The number of hydrogen-bond acceptors (Lipinski definition) is 4. The number of ketones is 1. The van der Waals surface area contributed by atoms with E-state index in [4.69, 9.17) is 0 Å². The van der Waals surface area contributed by atoms with Gasteiger partial charge in [-0.2, -0.15) is 0 Å². The number of carbonyl (C=O) groups is 1. The second-order valence-corrected chi connectivity index (χ2v) is 9.55. The Hall–Kier alpha value is -1.23. The Kier molecular flexibility index (Phi) is 4.82. The van der Waals surface area contributed by atoms with Crippen LogP contribution in [0.2, 0.25) is 0 Å². The van der Waals surface area contributed by atoms with E-state index in [2.05, 4.69) is 37.8 Å². The molecule has 2 fully saturated rings. The monoisotopic (exact) mass is 345 g/mol. The van der Waals surface area contributed by atoms with Gasteiger partial charge in [0.15, 0.2) is 0 Å². The van der Waals surface area contributed by atoms with Gasteiger partial charge in [0.25, 0.3) is 0 Å². The molecule has 1 aliphatic carbocycles. The smallest absolute Gasteiger partial charge is 0.134 e. The van der Waals surface area contributed by atoms with Gasteiger partial charge in [0.2, 0.25) is 0 Å². The number of hydrogen-bond donors (Lipinski definition) is 2. The highest BCUT2D eigenvalue weighted by Gasteiger charge is 2.59. The Bertz CT molecular complexity index is 624. The van der Waals surface area contributed by atoms with Crippen LogP contribution in [-0.2, 0) is 11.2 Å². The molecule has 2 N–H and O–H groups in total. The third-order valence-corrected chi connectivity index (χ3v) is 5.75. The molecule has 1 saturated carbocycles. The zero-order valence-corrected chi connectivity index (χ0v) is 15.7. The summed E-state index contributed by atoms with van der Waals surface area (Å²) in [6, 6.07) is 10.1. The lowest BCUT2D eigenvalue weighted by Crippen LogP contribution is -2.68. The molecule has 1 aromatic carbocycles.